The maximum Gasteiger partial charge on any atom is 0.325 e. The van der Waals surface area contributed by atoms with Crippen LogP contribution in [0, 0.1) is 12.7 Å². The van der Waals surface area contributed by atoms with E-state index < -0.39 is 0 Å². The van der Waals surface area contributed by atoms with Crippen molar-refractivity contribution in [3.8, 4) is 11.4 Å². The fourth-order valence-corrected chi connectivity index (χ4v) is 1.87. The van der Waals surface area contributed by atoms with Gasteiger partial charge in [-0.05, 0) is 31.2 Å². The molecule has 2 aromatic heterocycles. The molecule has 0 amide bonds. The maximum absolute atomic E-state index is 12.9. The number of halogens is 1. The molecule has 0 saturated carbocycles. The Morgan fingerprint density at radius 2 is 2.11 bits per heavy atom. The van der Waals surface area contributed by atoms with E-state index in [4.69, 9.17) is 4.42 Å². The number of carbonyl (C=O) groups is 1. The second-order valence-electron chi connectivity index (χ2n) is 4.12. The van der Waals surface area contributed by atoms with Crippen molar-refractivity contribution in [2.24, 2.45) is 0 Å². The van der Waals surface area contributed by atoms with Crippen LogP contribution in [0.25, 0.3) is 17.2 Å². The van der Waals surface area contributed by atoms with Crippen LogP contribution in [0.5, 0.6) is 0 Å². The lowest BCUT2D eigenvalue weighted by Crippen LogP contribution is -1.92. The monoisotopic (exact) mass is 259 g/mol. The number of hydrogen-bond donors (Lipinski definition) is 0. The van der Waals surface area contributed by atoms with Crippen molar-refractivity contribution in [1.82, 2.24) is 14.6 Å². The van der Waals surface area contributed by atoms with E-state index in [1.165, 1.54) is 16.6 Å². The molecule has 2 heterocycles. The molecule has 0 spiro atoms. The molecule has 0 aliphatic carbocycles. The highest BCUT2D eigenvalue weighted by atomic mass is 19.1. The van der Waals surface area contributed by atoms with Crippen LogP contribution < -0.4 is 0 Å². The lowest BCUT2D eigenvalue weighted by Gasteiger charge is -1.94. The molecule has 0 aliphatic rings. The molecule has 0 bridgehead atoms. The summed E-state index contributed by atoms with van der Waals surface area (Å²) in [5.41, 5.74) is 1.44. The normalized spacial score (nSPS) is 11.1. The van der Waals surface area contributed by atoms with Crippen LogP contribution in [0.4, 0.5) is 4.39 Å². The number of oxazole rings is 1. The van der Waals surface area contributed by atoms with E-state index in [-0.39, 0.29) is 12.2 Å². The summed E-state index contributed by atoms with van der Waals surface area (Å²) in [5, 5.41) is 4.29. The number of aldehydes is 1. The van der Waals surface area contributed by atoms with Crippen LogP contribution in [-0.4, -0.2) is 20.9 Å². The van der Waals surface area contributed by atoms with Gasteiger partial charge in [0.1, 0.15) is 17.9 Å². The van der Waals surface area contributed by atoms with Crippen LogP contribution in [0.2, 0.25) is 0 Å². The van der Waals surface area contributed by atoms with Crippen molar-refractivity contribution in [3.05, 3.63) is 41.5 Å². The van der Waals surface area contributed by atoms with E-state index in [2.05, 4.69) is 10.1 Å². The largest absolute Gasteiger partial charge is 0.426 e. The first-order chi connectivity index (χ1) is 9.19. The molecule has 6 heteroatoms. The van der Waals surface area contributed by atoms with Crippen LogP contribution in [0.15, 0.2) is 28.7 Å². The Morgan fingerprint density at radius 3 is 2.74 bits per heavy atom. The number of fused-ring (bicyclic) bond motifs is 1. The van der Waals surface area contributed by atoms with Gasteiger partial charge < -0.3 is 9.21 Å². The first-order valence-corrected chi connectivity index (χ1v) is 5.73. The highest BCUT2D eigenvalue weighted by Crippen LogP contribution is 2.20. The molecule has 5 nitrogen and oxygen atoms in total. The molecule has 19 heavy (non-hydrogen) atoms. The summed E-state index contributed by atoms with van der Waals surface area (Å²) in [7, 11) is 0. The van der Waals surface area contributed by atoms with Gasteiger partial charge in [-0.25, -0.2) is 4.39 Å². The molecular formula is C13H10FN3O2. The first-order valence-electron chi connectivity index (χ1n) is 5.73. The molecule has 0 fully saturated rings. The van der Waals surface area contributed by atoms with Crippen molar-refractivity contribution in [3.63, 3.8) is 0 Å². The van der Waals surface area contributed by atoms with Gasteiger partial charge in [0.15, 0.2) is 5.82 Å². The van der Waals surface area contributed by atoms with Crippen LogP contribution in [0.3, 0.4) is 0 Å². The lowest BCUT2D eigenvalue weighted by atomic mass is 10.2. The minimum atomic E-state index is -0.309. The molecule has 1 aromatic carbocycles. The van der Waals surface area contributed by atoms with Crippen molar-refractivity contribution >= 4 is 12.1 Å². The molecule has 3 aromatic rings. The summed E-state index contributed by atoms with van der Waals surface area (Å²) in [5.74, 6) is 1.03. The second kappa shape index (κ2) is 4.31. The van der Waals surface area contributed by atoms with E-state index in [0.717, 1.165) is 12.0 Å². The van der Waals surface area contributed by atoms with Gasteiger partial charge >= 0.3 is 5.84 Å². The molecule has 96 valence electrons. The zero-order chi connectivity index (χ0) is 13.4. The molecular weight excluding hydrogens is 249 g/mol. The maximum atomic E-state index is 12.9. The van der Waals surface area contributed by atoms with Crippen molar-refractivity contribution in [1.29, 1.82) is 0 Å². The zero-order valence-electron chi connectivity index (χ0n) is 10.1. The zero-order valence-corrected chi connectivity index (χ0v) is 10.1. The third kappa shape index (κ3) is 1.91. The van der Waals surface area contributed by atoms with Crippen molar-refractivity contribution < 1.29 is 13.6 Å². The molecule has 0 aliphatic heterocycles. The number of rotatable bonds is 3. The number of hydrogen-bond acceptors (Lipinski definition) is 4. The van der Waals surface area contributed by atoms with Gasteiger partial charge in [0.25, 0.3) is 0 Å². The summed E-state index contributed by atoms with van der Waals surface area (Å²) in [4.78, 5) is 14.7. The fourth-order valence-electron chi connectivity index (χ4n) is 1.87. The fraction of sp³-hybridized carbons (Fsp3) is 0.154. The molecule has 3 rings (SSSR count). The van der Waals surface area contributed by atoms with Gasteiger partial charge in [0.05, 0.1) is 12.1 Å². The van der Waals surface area contributed by atoms with E-state index in [0.29, 0.717) is 23.0 Å². The Morgan fingerprint density at radius 1 is 1.37 bits per heavy atom. The predicted octanol–water partition coefficient (Wildman–Crippen LogP) is 2.18. The quantitative estimate of drug-likeness (QED) is 0.676. The third-order valence-electron chi connectivity index (χ3n) is 2.88. The van der Waals surface area contributed by atoms with Gasteiger partial charge in [-0.2, -0.15) is 9.50 Å². The summed E-state index contributed by atoms with van der Waals surface area (Å²) >= 11 is 0. The number of aryl methyl sites for hydroxylation is 1. The molecule has 0 atom stereocenters. The summed E-state index contributed by atoms with van der Waals surface area (Å²) < 4.78 is 19.8. The summed E-state index contributed by atoms with van der Waals surface area (Å²) in [6.45, 7) is 1.80. The first kappa shape index (κ1) is 11.6. The van der Waals surface area contributed by atoms with Crippen LogP contribution >= 0.6 is 0 Å². The van der Waals surface area contributed by atoms with Crippen molar-refractivity contribution in [2.75, 3.05) is 0 Å². The smallest absolute Gasteiger partial charge is 0.325 e. The topological polar surface area (TPSA) is 60.4 Å². The Hall–Kier alpha value is -2.50. The average Bonchev–Trinajstić information content (AvgIpc) is 2.92. The minimum absolute atomic E-state index is 0.197. The van der Waals surface area contributed by atoms with E-state index in [1.54, 1.807) is 19.1 Å². The highest BCUT2D eigenvalue weighted by molar-refractivity contribution is 5.58. The molecule has 0 N–H and O–H groups in total. The molecule has 0 unspecified atom stereocenters. The summed E-state index contributed by atoms with van der Waals surface area (Å²) in [6, 6.07) is 5.91. The van der Waals surface area contributed by atoms with E-state index in [1.807, 2.05) is 0 Å². The third-order valence-corrected chi connectivity index (χ3v) is 2.88. The van der Waals surface area contributed by atoms with Crippen LogP contribution in [0.1, 0.15) is 11.5 Å². The van der Waals surface area contributed by atoms with Gasteiger partial charge in [0, 0.05) is 5.56 Å². The Labute approximate surface area is 107 Å². The number of nitrogens with zero attached hydrogens (tertiary/aromatic N) is 3. The number of benzene rings is 1. The standard InChI is InChI=1S/C13H10FN3O2/c1-8-11(6-7-18)19-13-15-12(16-17(8)13)9-2-4-10(14)5-3-9/h2-5,7H,6H2,1H3. The summed E-state index contributed by atoms with van der Waals surface area (Å²) in [6.07, 6.45) is 0.967. The number of aromatic nitrogens is 3. The van der Waals surface area contributed by atoms with Gasteiger partial charge in [-0.3, -0.25) is 0 Å². The Bertz CT molecular complexity index is 743. The van der Waals surface area contributed by atoms with Gasteiger partial charge in [0.2, 0.25) is 0 Å². The van der Waals surface area contributed by atoms with Crippen molar-refractivity contribution in [2.45, 2.75) is 13.3 Å². The second-order valence-corrected chi connectivity index (χ2v) is 4.12. The number of carbonyl (C=O) groups excluding carboxylic acids is 1. The minimum Gasteiger partial charge on any atom is -0.426 e. The average molecular weight is 259 g/mol. The van der Waals surface area contributed by atoms with E-state index in [9.17, 15) is 9.18 Å². The predicted molar refractivity (Wildman–Crippen MR) is 65.2 cm³/mol. The van der Waals surface area contributed by atoms with Crippen LogP contribution in [-0.2, 0) is 11.2 Å². The Balaban J connectivity index is 2.07. The Kier molecular flexibility index (Phi) is 2.63. The highest BCUT2D eigenvalue weighted by Gasteiger charge is 2.15. The lowest BCUT2D eigenvalue weighted by molar-refractivity contribution is -0.107. The van der Waals surface area contributed by atoms with Gasteiger partial charge in [-0.1, -0.05) is 0 Å². The SMILES string of the molecule is Cc1c(CC=O)oc2nc(-c3ccc(F)cc3)nn12. The van der Waals surface area contributed by atoms with E-state index >= 15 is 0 Å². The molecule has 0 radical (unpaired) electrons. The van der Waals surface area contributed by atoms with Gasteiger partial charge in [-0.15, -0.1) is 5.10 Å². The molecule has 0 saturated heterocycles.